The summed E-state index contributed by atoms with van der Waals surface area (Å²) in [5.74, 6) is 0.848. The number of fused-ring (bicyclic) bond motifs is 1. The molecule has 2 heterocycles. The summed E-state index contributed by atoms with van der Waals surface area (Å²) in [7, 11) is 3.68. The van der Waals surface area contributed by atoms with Gasteiger partial charge in [0.25, 0.3) is 0 Å². The summed E-state index contributed by atoms with van der Waals surface area (Å²) in [6.07, 6.45) is 4.71. The van der Waals surface area contributed by atoms with Crippen LogP contribution in [0.1, 0.15) is 48.0 Å². The van der Waals surface area contributed by atoms with Crippen molar-refractivity contribution in [2.75, 3.05) is 14.2 Å². The molecule has 0 bridgehead atoms. The molecule has 148 valence electrons. The summed E-state index contributed by atoms with van der Waals surface area (Å²) < 4.78 is 5.20. The van der Waals surface area contributed by atoms with Crippen LogP contribution in [-0.2, 0) is 6.54 Å². The van der Waals surface area contributed by atoms with Crippen LogP contribution < -0.4 is 4.74 Å². The van der Waals surface area contributed by atoms with Gasteiger partial charge in [0.15, 0.2) is 6.29 Å². The highest BCUT2D eigenvalue weighted by molar-refractivity contribution is 5.99. The molecule has 2 aromatic heterocycles. The molecule has 0 aliphatic heterocycles. The van der Waals surface area contributed by atoms with Crippen LogP contribution in [0.2, 0.25) is 0 Å². The quantitative estimate of drug-likeness (QED) is 0.597. The molecule has 0 aliphatic carbocycles. The number of aldehydes is 1. The molecular formula is C23H29N3O2. The smallest absolute Gasteiger partial charge is 0.166 e. The first kappa shape index (κ1) is 21.2. The summed E-state index contributed by atoms with van der Waals surface area (Å²) in [5.41, 5.74) is 5.47. The molecule has 0 fully saturated rings. The zero-order valence-corrected chi connectivity index (χ0v) is 17.5. The molecule has 0 unspecified atom stereocenters. The van der Waals surface area contributed by atoms with E-state index < -0.39 is 0 Å². The Hall–Kier alpha value is -3.08. The predicted octanol–water partition coefficient (Wildman–Crippen LogP) is 5.21. The van der Waals surface area contributed by atoms with Crippen molar-refractivity contribution in [3.05, 3.63) is 65.1 Å². The topological polar surface area (TPSA) is 58.2 Å². The van der Waals surface area contributed by atoms with Gasteiger partial charge in [0, 0.05) is 36.9 Å². The Morgan fingerprint density at radius 1 is 1.25 bits per heavy atom. The Morgan fingerprint density at radius 3 is 2.54 bits per heavy atom. The average molecular weight is 380 g/mol. The van der Waals surface area contributed by atoms with Crippen LogP contribution in [0, 0.1) is 6.92 Å². The summed E-state index contributed by atoms with van der Waals surface area (Å²) in [4.78, 5) is 21.1. The number of aromatic nitrogens is 2. The van der Waals surface area contributed by atoms with Crippen LogP contribution in [0.3, 0.4) is 0 Å². The number of nitrogens with zero attached hydrogens (tertiary/aromatic N) is 2. The molecule has 1 aromatic carbocycles. The molecule has 5 heteroatoms. The van der Waals surface area contributed by atoms with Gasteiger partial charge in [-0.3, -0.25) is 4.79 Å². The minimum atomic E-state index is 0.560. The van der Waals surface area contributed by atoms with Gasteiger partial charge in [-0.2, -0.15) is 0 Å². The van der Waals surface area contributed by atoms with Crippen LogP contribution in [0.5, 0.6) is 5.75 Å². The first-order valence-corrected chi connectivity index (χ1v) is 9.47. The monoisotopic (exact) mass is 379 g/mol. The number of allylic oxidation sites excluding steroid dienone is 1. The van der Waals surface area contributed by atoms with Crippen molar-refractivity contribution < 1.29 is 9.53 Å². The van der Waals surface area contributed by atoms with E-state index in [9.17, 15) is 4.79 Å². The van der Waals surface area contributed by atoms with Gasteiger partial charge in [-0.1, -0.05) is 26.0 Å². The van der Waals surface area contributed by atoms with Gasteiger partial charge in [-0.25, -0.2) is 4.98 Å². The lowest BCUT2D eigenvalue weighted by Gasteiger charge is -2.16. The normalized spacial score (nSPS) is 11.0. The third-order valence-electron chi connectivity index (χ3n) is 4.33. The molecule has 28 heavy (non-hydrogen) atoms. The maximum absolute atomic E-state index is 11.5. The molecule has 0 radical (unpaired) electrons. The number of methoxy groups -OCH3 is 1. The van der Waals surface area contributed by atoms with Crippen LogP contribution in [0.25, 0.3) is 16.6 Å². The van der Waals surface area contributed by atoms with Gasteiger partial charge < -0.3 is 14.6 Å². The average Bonchev–Trinajstić information content (AvgIpc) is 3.07. The number of H-pyrrole nitrogens is 1. The fraction of sp³-hybridized carbons (Fsp3) is 0.304. The number of aryl methyl sites for hydroxylation is 1. The first-order valence-electron chi connectivity index (χ1n) is 9.47. The standard InChI is InChI=1S/C21H23N3O2.C2H6/c1-14-9-18-20(19(13-25)23-21(18)22-10-14)15(2)11-24(3)12-16-5-7-17(26-4)8-6-16;1-2/h5-11,13H,12H2,1-4H3,(H,22,23);1-2H3/b15-11-;. The summed E-state index contributed by atoms with van der Waals surface area (Å²) in [6.45, 7) is 8.78. The number of aromatic amines is 1. The maximum atomic E-state index is 11.5. The summed E-state index contributed by atoms with van der Waals surface area (Å²) in [5, 5.41) is 0.971. The Labute approximate surface area is 167 Å². The maximum Gasteiger partial charge on any atom is 0.166 e. The zero-order valence-electron chi connectivity index (χ0n) is 17.5. The fourth-order valence-corrected chi connectivity index (χ4v) is 3.17. The number of carbonyl (C=O) groups is 1. The Kier molecular flexibility index (Phi) is 7.38. The summed E-state index contributed by atoms with van der Waals surface area (Å²) >= 11 is 0. The highest BCUT2D eigenvalue weighted by Crippen LogP contribution is 2.28. The molecule has 0 amide bonds. The molecular weight excluding hydrogens is 350 g/mol. The minimum absolute atomic E-state index is 0.560. The van der Waals surface area contributed by atoms with E-state index in [1.54, 1.807) is 13.3 Å². The molecule has 3 rings (SSSR count). The zero-order chi connectivity index (χ0) is 20.7. The molecule has 3 aromatic rings. The van der Waals surface area contributed by atoms with Crippen molar-refractivity contribution in [1.29, 1.82) is 0 Å². The predicted molar refractivity (Wildman–Crippen MR) is 116 cm³/mol. The number of nitrogens with one attached hydrogen (secondary N) is 1. The first-order chi connectivity index (χ1) is 13.5. The van der Waals surface area contributed by atoms with E-state index in [2.05, 4.69) is 27.1 Å². The molecule has 0 saturated heterocycles. The van der Waals surface area contributed by atoms with Crippen molar-refractivity contribution >= 4 is 22.9 Å². The van der Waals surface area contributed by atoms with Crippen LogP contribution >= 0.6 is 0 Å². The second kappa shape index (κ2) is 9.74. The van der Waals surface area contributed by atoms with E-state index in [4.69, 9.17) is 4.74 Å². The van der Waals surface area contributed by atoms with Crippen LogP contribution in [0.4, 0.5) is 0 Å². The Morgan fingerprint density at radius 2 is 1.93 bits per heavy atom. The minimum Gasteiger partial charge on any atom is -0.497 e. The van der Waals surface area contributed by atoms with Gasteiger partial charge in [-0.15, -0.1) is 0 Å². The lowest BCUT2D eigenvalue weighted by Crippen LogP contribution is -2.10. The summed E-state index contributed by atoms with van der Waals surface area (Å²) in [6, 6.07) is 10.1. The van der Waals surface area contributed by atoms with Gasteiger partial charge >= 0.3 is 0 Å². The van der Waals surface area contributed by atoms with Crippen molar-refractivity contribution in [2.45, 2.75) is 34.2 Å². The molecule has 1 N–H and O–H groups in total. The van der Waals surface area contributed by atoms with E-state index in [-0.39, 0.29) is 0 Å². The fourth-order valence-electron chi connectivity index (χ4n) is 3.17. The molecule has 0 spiro atoms. The number of hydrogen-bond donors (Lipinski definition) is 1. The second-order valence-electron chi connectivity index (χ2n) is 6.52. The van der Waals surface area contributed by atoms with E-state index in [0.717, 1.165) is 46.3 Å². The van der Waals surface area contributed by atoms with E-state index >= 15 is 0 Å². The van der Waals surface area contributed by atoms with Gasteiger partial charge in [0.2, 0.25) is 0 Å². The number of hydrogen-bond acceptors (Lipinski definition) is 4. The molecule has 0 atom stereocenters. The van der Waals surface area contributed by atoms with Crippen molar-refractivity contribution in [3.63, 3.8) is 0 Å². The van der Waals surface area contributed by atoms with Crippen LogP contribution in [0.15, 0.2) is 42.7 Å². The van der Waals surface area contributed by atoms with Crippen molar-refractivity contribution in [2.24, 2.45) is 0 Å². The van der Waals surface area contributed by atoms with Gasteiger partial charge in [0.1, 0.15) is 11.4 Å². The van der Waals surface area contributed by atoms with Crippen molar-refractivity contribution in [3.8, 4) is 5.75 Å². The molecule has 0 saturated carbocycles. The molecule has 5 nitrogen and oxygen atoms in total. The number of pyridine rings is 1. The third kappa shape index (κ3) is 4.80. The highest BCUT2D eigenvalue weighted by Gasteiger charge is 2.14. The highest BCUT2D eigenvalue weighted by atomic mass is 16.5. The van der Waals surface area contributed by atoms with Crippen LogP contribution in [-0.4, -0.2) is 35.3 Å². The SMILES string of the molecule is CC.COc1ccc(CN(C)/C=C(/C)c2c(C=O)[nH]c3ncc(C)cc23)cc1. The molecule has 0 aliphatic rings. The van der Waals surface area contributed by atoms with Gasteiger partial charge in [0.05, 0.1) is 12.8 Å². The largest absolute Gasteiger partial charge is 0.497 e. The van der Waals surface area contributed by atoms with E-state index in [1.807, 2.05) is 59.0 Å². The third-order valence-corrected chi connectivity index (χ3v) is 4.33. The van der Waals surface area contributed by atoms with Crippen molar-refractivity contribution in [1.82, 2.24) is 14.9 Å². The Balaban J connectivity index is 0.00000136. The second-order valence-corrected chi connectivity index (χ2v) is 6.52. The number of ether oxygens (including phenoxy) is 1. The number of rotatable bonds is 6. The number of carbonyl (C=O) groups excluding carboxylic acids is 1. The van der Waals surface area contributed by atoms with E-state index in [1.165, 1.54) is 5.56 Å². The Bertz CT molecular complexity index is 956. The lowest BCUT2D eigenvalue weighted by atomic mass is 10.0. The van der Waals surface area contributed by atoms with E-state index in [0.29, 0.717) is 5.69 Å². The van der Waals surface area contributed by atoms with Gasteiger partial charge in [-0.05, 0) is 48.7 Å². The number of benzene rings is 1. The lowest BCUT2D eigenvalue weighted by molar-refractivity contribution is 0.111.